The Bertz CT molecular complexity index is 1800. The fourth-order valence-electron chi connectivity index (χ4n) is 4.18. The predicted octanol–water partition coefficient (Wildman–Crippen LogP) is 5.53. The molecule has 7 nitrogen and oxygen atoms in total. The maximum Gasteiger partial charge on any atom is 0.336 e. The van der Waals surface area contributed by atoms with Crippen LogP contribution in [0.5, 0.6) is 5.75 Å². The number of aromatic nitrogens is 3. The normalized spacial score (nSPS) is 11.2. The van der Waals surface area contributed by atoms with E-state index in [0.29, 0.717) is 38.2 Å². The molecule has 2 aromatic carbocycles. The van der Waals surface area contributed by atoms with Gasteiger partial charge in [0.15, 0.2) is 11.6 Å². The lowest BCUT2D eigenvalue weighted by atomic mass is 10.1. The number of benzene rings is 2. The van der Waals surface area contributed by atoms with Gasteiger partial charge in [0.05, 0.1) is 35.6 Å². The number of nitrogens with zero attached hydrogens (tertiary/aromatic N) is 4. The Morgan fingerprint density at radius 2 is 2.00 bits per heavy atom. The molecule has 0 N–H and O–H groups in total. The van der Waals surface area contributed by atoms with Gasteiger partial charge >= 0.3 is 5.69 Å². The molecule has 0 aliphatic carbocycles. The first-order valence-electron chi connectivity index (χ1n) is 11.0. The molecule has 0 atom stereocenters. The molecule has 0 unspecified atom stereocenters. The maximum atomic E-state index is 14.1. The van der Waals surface area contributed by atoms with E-state index in [4.69, 9.17) is 21.6 Å². The average molecular weight is 521 g/mol. The van der Waals surface area contributed by atoms with Gasteiger partial charge in [-0.1, -0.05) is 35.9 Å². The van der Waals surface area contributed by atoms with Crippen LogP contribution in [0.4, 0.5) is 4.39 Å². The molecule has 0 fully saturated rings. The van der Waals surface area contributed by atoms with E-state index in [1.54, 1.807) is 12.3 Å². The highest BCUT2D eigenvalue weighted by Gasteiger charge is 2.21. The van der Waals surface area contributed by atoms with Gasteiger partial charge in [0.1, 0.15) is 4.70 Å². The van der Waals surface area contributed by atoms with Crippen molar-refractivity contribution in [2.24, 2.45) is 0 Å². The van der Waals surface area contributed by atoms with E-state index in [2.05, 4.69) is 11.1 Å². The van der Waals surface area contributed by atoms with Gasteiger partial charge in [0.2, 0.25) is 0 Å². The lowest BCUT2D eigenvalue weighted by Gasteiger charge is -2.13. The molecule has 0 saturated carbocycles. The molecule has 3 heterocycles. The topological polar surface area (TPSA) is 89.9 Å². The van der Waals surface area contributed by atoms with Crippen LogP contribution in [0, 0.1) is 17.1 Å². The third-order valence-corrected chi connectivity index (χ3v) is 7.35. The van der Waals surface area contributed by atoms with Gasteiger partial charge < -0.3 is 4.74 Å². The molecule has 0 aliphatic heterocycles. The van der Waals surface area contributed by atoms with Gasteiger partial charge in [0, 0.05) is 40.4 Å². The number of aryl methyl sites for hydroxylation is 1. The lowest BCUT2D eigenvalue weighted by molar-refractivity contribution is 0.387. The summed E-state index contributed by atoms with van der Waals surface area (Å²) in [7, 11) is 1.35. The lowest BCUT2D eigenvalue weighted by Crippen LogP contribution is -2.38. The first-order valence-corrected chi connectivity index (χ1v) is 12.2. The van der Waals surface area contributed by atoms with Gasteiger partial charge in [-0.05, 0) is 24.6 Å². The largest absolute Gasteiger partial charge is 0.494 e. The van der Waals surface area contributed by atoms with Crippen LogP contribution in [0.1, 0.15) is 12.8 Å². The van der Waals surface area contributed by atoms with E-state index < -0.39 is 17.1 Å². The Morgan fingerprint density at radius 1 is 1.19 bits per heavy atom. The van der Waals surface area contributed by atoms with Crippen LogP contribution in [0.25, 0.3) is 37.1 Å². The standard InChI is InChI=1S/C26H18ClFN4O3S/c1-35-22-10-17(18(27)11-19(22)28)23-12-20-24(36-23)25(33)32(26(34)31(20)9-5-4-8-29)21-14-30-13-15-6-2-3-7-16(15)21/h2-3,6-7,10-14H,4-5,9H2,1H3. The first-order chi connectivity index (χ1) is 17.4. The van der Waals surface area contributed by atoms with Crippen molar-refractivity contribution in [2.45, 2.75) is 19.4 Å². The number of hydrogen-bond acceptors (Lipinski definition) is 6. The van der Waals surface area contributed by atoms with E-state index in [1.807, 2.05) is 24.3 Å². The second-order valence-electron chi connectivity index (χ2n) is 8.01. The summed E-state index contributed by atoms with van der Waals surface area (Å²) >= 11 is 7.49. The smallest absolute Gasteiger partial charge is 0.336 e. The number of unbranched alkanes of at least 4 members (excludes halogenated alkanes) is 1. The summed E-state index contributed by atoms with van der Waals surface area (Å²) in [5, 5.41) is 10.7. The Labute approximate surface area is 213 Å². The van der Waals surface area contributed by atoms with Crippen LogP contribution in [-0.4, -0.2) is 21.2 Å². The van der Waals surface area contributed by atoms with E-state index in [-0.39, 0.29) is 23.7 Å². The van der Waals surface area contributed by atoms with Crippen molar-refractivity contribution in [1.29, 1.82) is 5.26 Å². The van der Waals surface area contributed by atoms with Crippen molar-refractivity contribution in [2.75, 3.05) is 7.11 Å². The van der Waals surface area contributed by atoms with E-state index in [9.17, 15) is 14.0 Å². The fraction of sp³-hybridized carbons (Fsp3) is 0.154. The molecular weight excluding hydrogens is 503 g/mol. The number of ether oxygens (including phenoxy) is 1. The summed E-state index contributed by atoms with van der Waals surface area (Å²) in [5.41, 5.74) is 0.244. The van der Waals surface area contributed by atoms with Gasteiger partial charge in [-0.2, -0.15) is 5.26 Å². The van der Waals surface area contributed by atoms with Crippen molar-refractivity contribution >= 4 is 43.9 Å². The number of methoxy groups -OCH3 is 1. The second kappa shape index (κ2) is 9.57. The molecule has 0 saturated heterocycles. The molecule has 5 rings (SSSR count). The zero-order chi connectivity index (χ0) is 25.4. The van der Waals surface area contributed by atoms with E-state index in [1.165, 1.54) is 23.9 Å². The van der Waals surface area contributed by atoms with Crippen LogP contribution < -0.4 is 16.0 Å². The summed E-state index contributed by atoms with van der Waals surface area (Å²) in [4.78, 5) is 32.3. The van der Waals surface area contributed by atoms with Gasteiger partial charge in [-0.25, -0.2) is 13.8 Å². The van der Waals surface area contributed by atoms with Crippen LogP contribution in [0.15, 0.2) is 64.4 Å². The highest BCUT2D eigenvalue weighted by molar-refractivity contribution is 7.22. The number of hydrogen-bond donors (Lipinski definition) is 0. The summed E-state index contributed by atoms with van der Waals surface area (Å²) in [6, 6.07) is 13.8. The molecule has 0 bridgehead atoms. The number of pyridine rings is 1. The van der Waals surface area contributed by atoms with E-state index in [0.717, 1.165) is 27.4 Å². The number of halogens is 2. The van der Waals surface area contributed by atoms with Crippen molar-refractivity contribution in [1.82, 2.24) is 14.1 Å². The third kappa shape index (κ3) is 3.94. The molecule has 180 valence electrons. The molecule has 36 heavy (non-hydrogen) atoms. The van der Waals surface area contributed by atoms with Crippen molar-refractivity contribution in [3.05, 3.63) is 86.5 Å². The summed E-state index contributed by atoms with van der Waals surface area (Å²) in [6.45, 7) is 0.234. The fourth-order valence-corrected chi connectivity index (χ4v) is 5.61. The minimum Gasteiger partial charge on any atom is -0.494 e. The Hall–Kier alpha value is -4.00. The van der Waals surface area contributed by atoms with Crippen LogP contribution in [0.2, 0.25) is 5.02 Å². The van der Waals surface area contributed by atoms with Crippen molar-refractivity contribution in [3.63, 3.8) is 0 Å². The molecule has 5 aromatic rings. The highest BCUT2D eigenvalue weighted by atomic mass is 35.5. The van der Waals surface area contributed by atoms with Crippen molar-refractivity contribution < 1.29 is 9.13 Å². The zero-order valence-corrected chi connectivity index (χ0v) is 20.6. The number of thiophene rings is 1. The van der Waals surface area contributed by atoms with Crippen LogP contribution in [-0.2, 0) is 6.54 Å². The average Bonchev–Trinajstić information content (AvgIpc) is 3.32. The molecule has 10 heteroatoms. The third-order valence-electron chi connectivity index (χ3n) is 5.89. The Kier molecular flexibility index (Phi) is 6.31. The molecular formula is C26H18ClFN4O3S. The molecule has 0 radical (unpaired) electrons. The minimum absolute atomic E-state index is 0.0116. The Morgan fingerprint density at radius 3 is 2.78 bits per heavy atom. The summed E-state index contributed by atoms with van der Waals surface area (Å²) in [5.74, 6) is -0.593. The summed E-state index contributed by atoms with van der Waals surface area (Å²) in [6.07, 6.45) is 3.84. The number of nitriles is 1. The molecule has 0 amide bonds. The molecule has 3 aromatic heterocycles. The molecule has 0 spiro atoms. The Balaban J connectivity index is 1.82. The van der Waals surface area contributed by atoms with Gasteiger partial charge in [-0.3, -0.25) is 14.3 Å². The SMILES string of the molecule is COc1cc(-c2cc3c(s2)c(=O)n(-c2cncc4ccccc24)c(=O)n3CCCC#N)c(Cl)cc1F. The molecule has 0 aliphatic rings. The second-order valence-corrected chi connectivity index (χ2v) is 9.47. The first kappa shape index (κ1) is 23.7. The van der Waals surface area contributed by atoms with Gasteiger partial charge in [-0.15, -0.1) is 11.3 Å². The monoisotopic (exact) mass is 520 g/mol. The number of fused-ring (bicyclic) bond motifs is 2. The van der Waals surface area contributed by atoms with Crippen LogP contribution in [0.3, 0.4) is 0 Å². The predicted molar refractivity (Wildman–Crippen MR) is 139 cm³/mol. The van der Waals surface area contributed by atoms with Crippen molar-refractivity contribution in [3.8, 4) is 27.9 Å². The highest BCUT2D eigenvalue weighted by Crippen LogP contribution is 2.39. The summed E-state index contributed by atoms with van der Waals surface area (Å²) < 4.78 is 22.2. The maximum absolute atomic E-state index is 14.1. The van der Waals surface area contributed by atoms with E-state index >= 15 is 0 Å². The van der Waals surface area contributed by atoms with Gasteiger partial charge in [0.25, 0.3) is 5.56 Å². The number of rotatable bonds is 6. The minimum atomic E-state index is -0.605. The zero-order valence-electron chi connectivity index (χ0n) is 19.0. The van der Waals surface area contributed by atoms with Crippen LogP contribution >= 0.6 is 22.9 Å². The quantitative estimate of drug-likeness (QED) is 0.274.